The Bertz CT molecular complexity index is 889. The summed E-state index contributed by atoms with van der Waals surface area (Å²) in [7, 11) is 1.95. The number of benzene rings is 2. The second-order valence-corrected chi connectivity index (χ2v) is 6.84. The number of carbonyl (C=O) groups excluding carboxylic acids is 2. The van der Waals surface area contributed by atoms with Gasteiger partial charge in [-0.05, 0) is 34.9 Å². The van der Waals surface area contributed by atoms with Crippen LogP contribution in [0.15, 0.2) is 36.4 Å². The molecule has 6 nitrogen and oxygen atoms in total. The van der Waals surface area contributed by atoms with E-state index >= 15 is 0 Å². The van der Waals surface area contributed by atoms with E-state index in [-0.39, 0.29) is 36.6 Å². The van der Waals surface area contributed by atoms with Gasteiger partial charge in [-0.2, -0.15) is 0 Å². The Morgan fingerprint density at radius 1 is 1.11 bits per heavy atom. The highest BCUT2D eigenvalue weighted by atomic mass is 35.5. The van der Waals surface area contributed by atoms with E-state index in [1.165, 1.54) is 11.1 Å². The van der Waals surface area contributed by atoms with Crippen LogP contribution in [0, 0.1) is 0 Å². The monoisotopic (exact) mass is 422 g/mol. The second-order valence-electron chi connectivity index (χ2n) is 6.84. The first-order chi connectivity index (χ1) is 12.6. The Morgan fingerprint density at radius 2 is 1.89 bits per heavy atom. The molecule has 0 atom stereocenters. The average molecular weight is 423 g/mol. The lowest BCUT2D eigenvalue weighted by Crippen LogP contribution is -2.23. The van der Waals surface area contributed by atoms with Gasteiger partial charge in [-0.3, -0.25) is 9.59 Å². The molecule has 0 unspecified atom stereocenters. The number of anilines is 2. The maximum atomic E-state index is 12.5. The maximum Gasteiger partial charge on any atom is 0.251 e. The molecule has 0 spiro atoms. The second kappa shape index (κ2) is 9.28. The van der Waals surface area contributed by atoms with Crippen LogP contribution in [0.2, 0.25) is 0 Å². The van der Waals surface area contributed by atoms with Gasteiger partial charge in [0.25, 0.3) is 5.91 Å². The zero-order chi connectivity index (χ0) is 18.1. The van der Waals surface area contributed by atoms with E-state index in [9.17, 15) is 9.59 Å². The largest absolute Gasteiger partial charge is 0.372 e. The molecule has 0 saturated heterocycles. The van der Waals surface area contributed by atoms with Crippen LogP contribution >= 0.6 is 24.8 Å². The lowest BCUT2D eigenvalue weighted by molar-refractivity contribution is -0.115. The van der Waals surface area contributed by atoms with Gasteiger partial charge in [0.05, 0.1) is 11.4 Å². The molecule has 2 aliphatic heterocycles. The van der Waals surface area contributed by atoms with Crippen molar-refractivity contribution in [3.05, 3.63) is 58.7 Å². The summed E-state index contributed by atoms with van der Waals surface area (Å²) in [5.41, 5.74) is 5.87. The van der Waals surface area contributed by atoms with Gasteiger partial charge in [-0.1, -0.05) is 18.2 Å². The summed E-state index contributed by atoms with van der Waals surface area (Å²) in [6.07, 6.45) is 0.444. The number of hydrogen-bond donors (Lipinski definition) is 3. The number of halogens is 2. The average Bonchev–Trinajstić information content (AvgIpc) is 3.06. The quantitative estimate of drug-likeness (QED) is 0.710. The van der Waals surface area contributed by atoms with E-state index in [0.717, 1.165) is 24.3 Å². The third-order valence-corrected chi connectivity index (χ3v) is 4.97. The van der Waals surface area contributed by atoms with Crippen molar-refractivity contribution in [2.45, 2.75) is 26.1 Å². The molecule has 2 aromatic rings. The summed E-state index contributed by atoms with van der Waals surface area (Å²) in [6, 6.07) is 11.7. The molecule has 3 N–H and O–H groups in total. The van der Waals surface area contributed by atoms with Gasteiger partial charge in [0, 0.05) is 45.2 Å². The minimum Gasteiger partial charge on any atom is -0.372 e. The molecule has 28 heavy (non-hydrogen) atoms. The normalized spacial score (nSPS) is 14.6. The maximum absolute atomic E-state index is 12.5. The summed E-state index contributed by atoms with van der Waals surface area (Å²) in [6.45, 7) is 2.94. The minimum absolute atomic E-state index is 0. The van der Waals surface area contributed by atoms with Crippen molar-refractivity contribution in [1.82, 2.24) is 10.6 Å². The molecule has 0 bridgehead atoms. The molecule has 0 radical (unpaired) electrons. The molecule has 2 amide bonds. The fourth-order valence-electron chi connectivity index (χ4n) is 3.46. The van der Waals surface area contributed by atoms with Gasteiger partial charge in [-0.25, -0.2) is 0 Å². The molecule has 150 valence electrons. The molecule has 8 heteroatoms. The highest BCUT2D eigenvalue weighted by Gasteiger charge is 2.18. The molecule has 0 aromatic heterocycles. The number of carbonyl (C=O) groups is 2. The highest BCUT2D eigenvalue weighted by Crippen LogP contribution is 2.29. The number of hydrogen-bond acceptors (Lipinski definition) is 4. The number of amides is 2. The zero-order valence-corrected chi connectivity index (χ0v) is 17.2. The van der Waals surface area contributed by atoms with Crippen LogP contribution in [-0.2, 0) is 24.4 Å². The van der Waals surface area contributed by atoms with Crippen LogP contribution in [0.3, 0.4) is 0 Å². The fourth-order valence-corrected chi connectivity index (χ4v) is 3.46. The molecule has 0 saturated carbocycles. The number of rotatable bonds is 3. The van der Waals surface area contributed by atoms with E-state index in [1.807, 2.05) is 18.0 Å². The Morgan fingerprint density at radius 3 is 2.71 bits per heavy atom. The van der Waals surface area contributed by atoms with Gasteiger partial charge in [0.15, 0.2) is 0 Å². The van der Waals surface area contributed by atoms with Crippen molar-refractivity contribution in [2.24, 2.45) is 0 Å². The van der Waals surface area contributed by atoms with Crippen LogP contribution in [-0.4, -0.2) is 25.4 Å². The zero-order valence-electron chi connectivity index (χ0n) is 15.6. The molecule has 2 aliphatic rings. The van der Waals surface area contributed by atoms with Gasteiger partial charge >= 0.3 is 0 Å². The first-order valence-electron chi connectivity index (χ1n) is 8.85. The number of nitrogens with one attached hydrogen (secondary N) is 3. The molecule has 0 fully saturated rings. The summed E-state index contributed by atoms with van der Waals surface area (Å²) < 4.78 is 0. The topological polar surface area (TPSA) is 73.5 Å². The first-order valence-corrected chi connectivity index (χ1v) is 8.85. The van der Waals surface area contributed by atoms with Gasteiger partial charge in [0.1, 0.15) is 0 Å². The minimum atomic E-state index is -0.146. The molecule has 2 aromatic carbocycles. The van der Waals surface area contributed by atoms with Crippen LogP contribution in [0.4, 0.5) is 11.4 Å². The Balaban J connectivity index is 0.00000140. The van der Waals surface area contributed by atoms with Crippen molar-refractivity contribution in [3.8, 4) is 0 Å². The van der Waals surface area contributed by atoms with Gasteiger partial charge < -0.3 is 20.9 Å². The van der Waals surface area contributed by atoms with E-state index in [2.05, 4.69) is 34.1 Å². The van der Waals surface area contributed by atoms with Crippen molar-refractivity contribution >= 4 is 48.0 Å². The van der Waals surface area contributed by atoms with Crippen molar-refractivity contribution in [3.63, 3.8) is 0 Å². The smallest absolute Gasteiger partial charge is 0.251 e. The fraction of sp³-hybridized carbons (Fsp3) is 0.300. The molecule has 2 heterocycles. The van der Waals surface area contributed by atoms with E-state index in [1.54, 1.807) is 12.1 Å². The van der Waals surface area contributed by atoms with E-state index in [4.69, 9.17) is 0 Å². The lowest BCUT2D eigenvalue weighted by Gasteiger charge is -2.18. The van der Waals surface area contributed by atoms with E-state index < -0.39 is 0 Å². The summed E-state index contributed by atoms with van der Waals surface area (Å²) in [5.74, 6) is -0.174. The van der Waals surface area contributed by atoms with Crippen LogP contribution in [0.25, 0.3) is 0 Å². The van der Waals surface area contributed by atoms with Gasteiger partial charge in [-0.15, -0.1) is 24.8 Å². The molecule has 4 rings (SSSR count). The number of fused-ring (bicyclic) bond motifs is 2. The Labute approximate surface area is 176 Å². The molecular formula is C20H24Cl2N4O2. The van der Waals surface area contributed by atoms with E-state index in [0.29, 0.717) is 30.8 Å². The van der Waals surface area contributed by atoms with Crippen LogP contribution in [0.5, 0.6) is 0 Å². The Hall–Kier alpha value is -2.28. The Kier molecular flexibility index (Phi) is 7.29. The van der Waals surface area contributed by atoms with Crippen LogP contribution < -0.4 is 20.9 Å². The molecule has 0 aliphatic carbocycles. The molecular weight excluding hydrogens is 399 g/mol. The highest BCUT2D eigenvalue weighted by molar-refractivity contribution is 6.00. The van der Waals surface area contributed by atoms with Crippen molar-refractivity contribution in [2.75, 3.05) is 23.8 Å². The standard InChI is InChI=1S/C20H22N4O2.2ClH/c1-24-7-6-19(25)23-17-9-14(4-5-18(17)24)20(26)22-10-13-2-3-15-11-21-12-16(15)8-13;;/h2-5,8-9,21H,6-7,10-12H2,1H3,(H,22,26)(H,23,25);2*1H. The third-order valence-electron chi connectivity index (χ3n) is 4.97. The first kappa shape index (κ1) is 22.0. The van der Waals surface area contributed by atoms with Crippen molar-refractivity contribution < 1.29 is 9.59 Å². The lowest BCUT2D eigenvalue weighted by atomic mass is 10.1. The van der Waals surface area contributed by atoms with Gasteiger partial charge in [0.2, 0.25) is 5.91 Å². The predicted molar refractivity (Wildman–Crippen MR) is 116 cm³/mol. The summed E-state index contributed by atoms with van der Waals surface area (Å²) >= 11 is 0. The van der Waals surface area contributed by atoms with Crippen LogP contribution in [0.1, 0.15) is 33.5 Å². The third kappa shape index (κ3) is 4.58. The summed E-state index contributed by atoms with van der Waals surface area (Å²) in [5, 5.41) is 9.17. The SMILES string of the molecule is CN1CCC(=O)Nc2cc(C(=O)NCc3ccc4c(c3)CNC4)ccc21.Cl.Cl. The number of nitrogens with zero attached hydrogens (tertiary/aromatic N) is 1. The van der Waals surface area contributed by atoms with Crippen molar-refractivity contribution in [1.29, 1.82) is 0 Å². The predicted octanol–water partition coefficient (Wildman–Crippen LogP) is 2.84. The summed E-state index contributed by atoms with van der Waals surface area (Å²) in [4.78, 5) is 26.4.